The van der Waals surface area contributed by atoms with E-state index in [1.54, 1.807) is 6.07 Å². The van der Waals surface area contributed by atoms with E-state index in [0.29, 0.717) is 12.6 Å². The molecule has 1 aromatic rings. The molecule has 21 heavy (non-hydrogen) atoms. The zero-order valence-corrected chi connectivity index (χ0v) is 11.6. The molecule has 4 atom stereocenters. The molecule has 3 fully saturated rings. The minimum atomic E-state index is -4.63. The smallest absolute Gasteiger partial charge is 0.406 e. The van der Waals surface area contributed by atoms with Crippen LogP contribution in [0.25, 0.3) is 0 Å². The predicted octanol–water partition coefficient (Wildman–Crippen LogP) is 3.72. The Bertz CT molecular complexity index is 529. The molecule has 0 aliphatic heterocycles. The summed E-state index contributed by atoms with van der Waals surface area (Å²) >= 11 is 0. The third kappa shape index (κ3) is 2.52. The van der Waals surface area contributed by atoms with Crippen LogP contribution in [0.15, 0.2) is 24.3 Å². The molecule has 3 saturated carbocycles. The van der Waals surface area contributed by atoms with E-state index in [2.05, 4.69) is 10.1 Å². The van der Waals surface area contributed by atoms with Gasteiger partial charge >= 0.3 is 6.36 Å². The Morgan fingerprint density at radius 2 is 1.86 bits per heavy atom. The van der Waals surface area contributed by atoms with Crippen molar-refractivity contribution in [2.75, 3.05) is 0 Å². The molecule has 0 spiro atoms. The van der Waals surface area contributed by atoms with Crippen LogP contribution < -0.4 is 10.1 Å². The fraction of sp³-hybridized carbons (Fsp3) is 0.625. The van der Waals surface area contributed by atoms with E-state index in [1.807, 2.05) is 6.07 Å². The molecule has 2 nitrogen and oxygen atoms in total. The van der Waals surface area contributed by atoms with Crippen LogP contribution in [0.2, 0.25) is 0 Å². The number of hydrogen-bond donors (Lipinski definition) is 1. The van der Waals surface area contributed by atoms with Crippen molar-refractivity contribution in [3.63, 3.8) is 0 Å². The minimum absolute atomic E-state index is 0.141. The molecule has 4 unspecified atom stereocenters. The molecule has 0 aromatic heterocycles. The van der Waals surface area contributed by atoms with Crippen molar-refractivity contribution in [1.82, 2.24) is 5.32 Å². The van der Waals surface area contributed by atoms with Gasteiger partial charge in [-0.1, -0.05) is 12.1 Å². The predicted molar refractivity (Wildman–Crippen MR) is 71.6 cm³/mol. The number of halogens is 3. The van der Waals surface area contributed by atoms with Crippen LogP contribution in [0.4, 0.5) is 13.2 Å². The van der Waals surface area contributed by atoms with Crippen molar-refractivity contribution in [2.45, 2.75) is 38.2 Å². The zero-order chi connectivity index (χ0) is 14.6. The lowest BCUT2D eigenvalue weighted by Gasteiger charge is -2.12. The number of hydrogen-bond acceptors (Lipinski definition) is 2. The lowest BCUT2D eigenvalue weighted by Crippen LogP contribution is -2.22. The molecular formula is C16H18F3NO. The van der Waals surface area contributed by atoms with E-state index in [9.17, 15) is 13.2 Å². The van der Waals surface area contributed by atoms with Crippen molar-refractivity contribution < 1.29 is 17.9 Å². The molecule has 3 aliphatic carbocycles. The highest BCUT2D eigenvalue weighted by molar-refractivity contribution is 5.29. The number of alkyl halides is 3. The van der Waals surface area contributed by atoms with E-state index in [1.165, 1.54) is 31.4 Å². The van der Waals surface area contributed by atoms with Gasteiger partial charge in [0.15, 0.2) is 0 Å². The van der Waals surface area contributed by atoms with Crippen molar-refractivity contribution in [3.8, 4) is 5.75 Å². The zero-order valence-electron chi connectivity index (χ0n) is 11.6. The lowest BCUT2D eigenvalue weighted by atomic mass is 10.0. The average molecular weight is 297 g/mol. The van der Waals surface area contributed by atoms with Gasteiger partial charge in [-0.15, -0.1) is 13.2 Å². The number of nitrogens with one attached hydrogen (secondary N) is 1. The lowest BCUT2D eigenvalue weighted by molar-refractivity contribution is -0.274. The van der Waals surface area contributed by atoms with E-state index < -0.39 is 6.36 Å². The summed E-state index contributed by atoms with van der Waals surface area (Å²) in [6.45, 7) is 0.617. The first-order valence-electron chi connectivity index (χ1n) is 7.59. The minimum Gasteiger partial charge on any atom is -0.406 e. The number of rotatable bonds is 4. The first-order valence-corrected chi connectivity index (χ1v) is 7.59. The van der Waals surface area contributed by atoms with Gasteiger partial charge in [0.2, 0.25) is 0 Å². The molecule has 0 heterocycles. The summed E-state index contributed by atoms with van der Waals surface area (Å²) in [4.78, 5) is 0. The van der Waals surface area contributed by atoms with Gasteiger partial charge in [0.25, 0.3) is 0 Å². The Balaban J connectivity index is 1.35. The number of ether oxygens (including phenoxy) is 1. The van der Waals surface area contributed by atoms with Gasteiger partial charge in [-0.25, -0.2) is 0 Å². The standard InChI is InChI=1S/C16H18F3NO/c17-16(18,19)21-12-3-1-2-9(6-12)8-20-15-13-10-4-5-11(7-10)14(13)15/h1-3,6,10-11,13-15,20H,4-5,7-8H2. The maximum absolute atomic E-state index is 12.2. The van der Waals surface area contributed by atoms with Crippen molar-refractivity contribution in [3.05, 3.63) is 29.8 Å². The molecule has 3 aliphatic rings. The highest BCUT2D eigenvalue weighted by atomic mass is 19.4. The Labute approximate surface area is 121 Å². The topological polar surface area (TPSA) is 21.3 Å². The molecule has 2 bridgehead atoms. The summed E-state index contributed by atoms with van der Waals surface area (Å²) in [5, 5.41) is 3.53. The van der Waals surface area contributed by atoms with Crippen LogP contribution in [-0.4, -0.2) is 12.4 Å². The van der Waals surface area contributed by atoms with E-state index >= 15 is 0 Å². The Hall–Kier alpha value is -1.23. The van der Waals surface area contributed by atoms with Gasteiger partial charge < -0.3 is 10.1 Å². The van der Waals surface area contributed by atoms with Gasteiger partial charge in [-0.05, 0) is 60.6 Å². The molecule has 0 radical (unpaired) electrons. The van der Waals surface area contributed by atoms with Gasteiger partial charge in [-0.3, -0.25) is 0 Å². The summed E-state index contributed by atoms with van der Waals surface area (Å²) in [7, 11) is 0. The first-order chi connectivity index (χ1) is 10.0. The summed E-state index contributed by atoms with van der Waals surface area (Å²) in [6.07, 6.45) is -0.473. The highest BCUT2D eigenvalue weighted by Crippen LogP contribution is 2.65. The molecule has 1 aromatic carbocycles. The molecule has 0 saturated heterocycles. The summed E-state index contributed by atoms with van der Waals surface area (Å²) in [6, 6.07) is 6.83. The molecular weight excluding hydrogens is 279 g/mol. The van der Waals surface area contributed by atoms with Crippen LogP contribution in [0.5, 0.6) is 5.75 Å². The first kappa shape index (κ1) is 13.4. The third-order valence-electron chi connectivity index (χ3n) is 5.41. The molecule has 0 amide bonds. The van der Waals surface area contributed by atoms with Crippen molar-refractivity contribution in [1.29, 1.82) is 0 Å². The van der Waals surface area contributed by atoms with E-state index in [0.717, 1.165) is 29.2 Å². The summed E-state index contributed by atoms with van der Waals surface area (Å²) in [5.41, 5.74) is 0.842. The molecule has 114 valence electrons. The second kappa shape index (κ2) is 4.63. The fourth-order valence-electron chi connectivity index (χ4n) is 4.69. The van der Waals surface area contributed by atoms with Gasteiger partial charge in [0, 0.05) is 12.6 Å². The van der Waals surface area contributed by atoms with Crippen LogP contribution in [0.1, 0.15) is 24.8 Å². The quantitative estimate of drug-likeness (QED) is 0.914. The Morgan fingerprint density at radius 1 is 1.14 bits per heavy atom. The van der Waals surface area contributed by atoms with Crippen molar-refractivity contribution in [2.24, 2.45) is 23.7 Å². The van der Waals surface area contributed by atoms with E-state index in [4.69, 9.17) is 0 Å². The van der Waals surface area contributed by atoms with Gasteiger partial charge in [0.1, 0.15) is 5.75 Å². The second-order valence-electron chi connectivity index (χ2n) is 6.59. The highest BCUT2D eigenvalue weighted by Gasteiger charge is 2.64. The summed E-state index contributed by atoms with van der Waals surface area (Å²) in [5.74, 6) is 3.32. The SMILES string of the molecule is FC(F)(F)Oc1cccc(CNC2C3C4CCC(C4)C23)c1. The molecule has 4 rings (SSSR count). The number of benzene rings is 1. The third-order valence-corrected chi connectivity index (χ3v) is 5.41. The van der Waals surface area contributed by atoms with Crippen LogP contribution >= 0.6 is 0 Å². The van der Waals surface area contributed by atoms with Crippen LogP contribution in [-0.2, 0) is 6.54 Å². The fourth-order valence-corrected chi connectivity index (χ4v) is 4.69. The summed E-state index contributed by atoms with van der Waals surface area (Å²) < 4.78 is 40.6. The maximum Gasteiger partial charge on any atom is 0.573 e. The molecule has 1 N–H and O–H groups in total. The van der Waals surface area contributed by atoms with Gasteiger partial charge in [-0.2, -0.15) is 0 Å². The van der Waals surface area contributed by atoms with Crippen molar-refractivity contribution >= 4 is 0 Å². The van der Waals surface area contributed by atoms with Crippen LogP contribution in [0.3, 0.4) is 0 Å². The molecule has 5 heteroatoms. The van der Waals surface area contributed by atoms with Crippen LogP contribution in [0, 0.1) is 23.7 Å². The Morgan fingerprint density at radius 3 is 2.52 bits per heavy atom. The second-order valence-corrected chi connectivity index (χ2v) is 6.59. The maximum atomic E-state index is 12.2. The average Bonchev–Trinajstić information content (AvgIpc) is 2.79. The Kier molecular flexibility index (Phi) is 2.96. The largest absolute Gasteiger partial charge is 0.573 e. The van der Waals surface area contributed by atoms with Gasteiger partial charge in [0.05, 0.1) is 0 Å². The monoisotopic (exact) mass is 297 g/mol. The van der Waals surface area contributed by atoms with E-state index in [-0.39, 0.29) is 5.75 Å². The normalized spacial score (nSPS) is 36.6. The number of fused-ring (bicyclic) bond motifs is 5.